The van der Waals surface area contributed by atoms with Crippen LogP contribution >= 0.6 is 23.6 Å². The smallest absolute Gasteiger partial charge is 0.161 e. The maximum absolute atomic E-state index is 12.5. The monoisotopic (exact) mass is 253 g/mol. The molecule has 2 rings (SSSR count). The van der Waals surface area contributed by atoms with E-state index in [4.69, 9.17) is 12.2 Å². The summed E-state index contributed by atoms with van der Waals surface area (Å²) in [6, 6.07) is 7.57. The van der Waals surface area contributed by atoms with Gasteiger partial charge in [-0.25, -0.2) is 4.39 Å². The summed E-state index contributed by atoms with van der Waals surface area (Å²) in [4.78, 5) is 0. The third-order valence-electron chi connectivity index (χ3n) is 2.46. The van der Waals surface area contributed by atoms with E-state index in [1.807, 2.05) is 30.5 Å². The van der Waals surface area contributed by atoms with E-state index in [-0.39, 0.29) is 0 Å². The maximum atomic E-state index is 12.5. The topological polar surface area (TPSA) is 4.93 Å². The van der Waals surface area contributed by atoms with Gasteiger partial charge in [0.25, 0.3) is 0 Å². The lowest BCUT2D eigenvalue weighted by atomic mass is 10.1. The SMILES string of the molecule is Cc1csc(=S)n1Cc1cccc(CF)c1. The van der Waals surface area contributed by atoms with Gasteiger partial charge in [0.05, 0.1) is 0 Å². The average molecular weight is 253 g/mol. The van der Waals surface area contributed by atoms with Crippen LogP contribution in [0.5, 0.6) is 0 Å². The van der Waals surface area contributed by atoms with Crippen LogP contribution in [0.1, 0.15) is 16.8 Å². The van der Waals surface area contributed by atoms with E-state index in [1.165, 1.54) is 0 Å². The third-order valence-corrected chi connectivity index (χ3v) is 3.85. The van der Waals surface area contributed by atoms with Gasteiger partial charge in [0.1, 0.15) is 6.67 Å². The van der Waals surface area contributed by atoms with E-state index < -0.39 is 6.67 Å². The van der Waals surface area contributed by atoms with Crippen LogP contribution in [0.25, 0.3) is 0 Å². The highest BCUT2D eigenvalue weighted by molar-refractivity contribution is 7.73. The zero-order valence-electron chi connectivity index (χ0n) is 8.94. The quantitative estimate of drug-likeness (QED) is 0.745. The molecular weight excluding hydrogens is 241 g/mol. The van der Waals surface area contributed by atoms with Gasteiger partial charge >= 0.3 is 0 Å². The number of rotatable bonds is 3. The molecule has 1 nitrogen and oxygen atoms in total. The molecule has 0 fully saturated rings. The number of nitrogens with zero attached hydrogens (tertiary/aromatic N) is 1. The molecule has 0 unspecified atom stereocenters. The van der Waals surface area contributed by atoms with E-state index in [0.717, 1.165) is 27.3 Å². The van der Waals surface area contributed by atoms with Crippen LogP contribution in [0.3, 0.4) is 0 Å². The first-order valence-electron chi connectivity index (χ1n) is 4.99. The van der Waals surface area contributed by atoms with Gasteiger partial charge < -0.3 is 4.57 Å². The molecule has 0 N–H and O–H groups in total. The Balaban J connectivity index is 2.30. The Morgan fingerprint density at radius 2 is 2.12 bits per heavy atom. The molecule has 0 atom stereocenters. The summed E-state index contributed by atoms with van der Waals surface area (Å²) < 4.78 is 15.4. The summed E-state index contributed by atoms with van der Waals surface area (Å²) in [6.07, 6.45) is 0. The molecule has 0 aliphatic rings. The van der Waals surface area contributed by atoms with E-state index >= 15 is 0 Å². The van der Waals surface area contributed by atoms with E-state index in [2.05, 4.69) is 4.57 Å². The van der Waals surface area contributed by atoms with Crippen molar-refractivity contribution >= 4 is 23.6 Å². The molecule has 0 aliphatic heterocycles. The van der Waals surface area contributed by atoms with Crippen molar-refractivity contribution in [3.05, 3.63) is 50.4 Å². The highest BCUT2D eigenvalue weighted by atomic mass is 32.1. The fourth-order valence-corrected chi connectivity index (χ4v) is 2.68. The Hall–Kier alpha value is -1.00. The summed E-state index contributed by atoms with van der Waals surface area (Å²) in [6.45, 7) is 2.34. The van der Waals surface area contributed by atoms with Crippen LogP contribution in [0.15, 0.2) is 29.6 Å². The highest BCUT2D eigenvalue weighted by Gasteiger charge is 2.02. The number of alkyl halides is 1. The minimum Gasteiger partial charge on any atom is -0.323 e. The number of hydrogen-bond donors (Lipinski definition) is 0. The predicted octanol–water partition coefficient (Wildman–Crippen LogP) is 4.11. The number of halogens is 1. The fourth-order valence-electron chi connectivity index (χ4n) is 1.59. The van der Waals surface area contributed by atoms with E-state index in [1.54, 1.807) is 17.4 Å². The molecule has 0 amide bonds. The van der Waals surface area contributed by atoms with Crippen molar-refractivity contribution in [1.82, 2.24) is 4.57 Å². The van der Waals surface area contributed by atoms with Gasteiger partial charge in [0.2, 0.25) is 0 Å². The zero-order valence-corrected chi connectivity index (χ0v) is 10.6. The molecule has 0 radical (unpaired) electrons. The summed E-state index contributed by atoms with van der Waals surface area (Å²) in [5.41, 5.74) is 2.96. The van der Waals surface area contributed by atoms with Crippen LogP contribution in [-0.2, 0) is 13.2 Å². The van der Waals surface area contributed by atoms with Crippen LogP contribution < -0.4 is 0 Å². The van der Waals surface area contributed by atoms with Crippen molar-refractivity contribution in [3.8, 4) is 0 Å². The molecule has 4 heteroatoms. The molecule has 1 heterocycles. The summed E-state index contributed by atoms with van der Waals surface area (Å²) >= 11 is 6.80. The molecule has 0 saturated heterocycles. The number of benzene rings is 1. The molecule has 2 aromatic rings. The lowest BCUT2D eigenvalue weighted by Gasteiger charge is -2.06. The van der Waals surface area contributed by atoms with Gasteiger partial charge in [-0.05, 0) is 30.3 Å². The lowest BCUT2D eigenvalue weighted by Crippen LogP contribution is -2.01. The van der Waals surface area contributed by atoms with Crippen molar-refractivity contribution in [2.45, 2.75) is 20.1 Å². The van der Waals surface area contributed by atoms with E-state index in [9.17, 15) is 4.39 Å². The van der Waals surface area contributed by atoms with Crippen molar-refractivity contribution < 1.29 is 4.39 Å². The molecule has 84 valence electrons. The number of thiazole rings is 1. The zero-order chi connectivity index (χ0) is 11.5. The first-order chi connectivity index (χ1) is 7.70. The largest absolute Gasteiger partial charge is 0.323 e. The molecule has 16 heavy (non-hydrogen) atoms. The Bertz CT molecular complexity index is 542. The normalized spacial score (nSPS) is 10.6. The highest BCUT2D eigenvalue weighted by Crippen LogP contribution is 2.14. The number of aromatic nitrogens is 1. The van der Waals surface area contributed by atoms with Crippen molar-refractivity contribution in [2.24, 2.45) is 0 Å². The minimum absolute atomic E-state index is 0.415. The Labute approximate surface area is 103 Å². The number of aryl methyl sites for hydroxylation is 1. The van der Waals surface area contributed by atoms with Crippen LogP contribution in [0, 0.1) is 10.9 Å². The Kier molecular flexibility index (Phi) is 3.51. The standard InChI is InChI=1S/C12H12FNS2/c1-9-8-16-12(15)14(9)7-11-4-2-3-10(5-11)6-13/h2-5,8H,6-7H2,1H3. The molecule has 0 aliphatic carbocycles. The minimum atomic E-state index is -0.415. The first-order valence-corrected chi connectivity index (χ1v) is 6.28. The Morgan fingerprint density at radius 3 is 2.75 bits per heavy atom. The summed E-state index contributed by atoms with van der Waals surface area (Å²) in [5.74, 6) is 0. The van der Waals surface area contributed by atoms with Crippen molar-refractivity contribution in [3.63, 3.8) is 0 Å². The Morgan fingerprint density at radius 1 is 1.38 bits per heavy atom. The van der Waals surface area contributed by atoms with Gasteiger partial charge in [0, 0.05) is 17.6 Å². The average Bonchev–Trinajstić information content (AvgIpc) is 2.61. The molecule has 1 aromatic heterocycles. The van der Waals surface area contributed by atoms with Gasteiger partial charge in [-0.1, -0.05) is 24.3 Å². The lowest BCUT2D eigenvalue weighted by molar-refractivity contribution is 0.485. The number of hydrogen-bond acceptors (Lipinski definition) is 2. The second kappa shape index (κ2) is 4.89. The third kappa shape index (κ3) is 2.39. The summed E-state index contributed by atoms with van der Waals surface area (Å²) in [5, 5.41) is 2.04. The van der Waals surface area contributed by atoms with Crippen LogP contribution in [0.4, 0.5) is 4.39 Å². The molecular formula is C12H12FNS2. The van der Waals surface area contributed by atoms with E-state index in [0.29, 0.717) is 0 Å². The second-order valence-electron chi connectivity index (χ2n) is 3.68. The summed E-state index contributed by atoms with van der Waals surface area (Å²) in [7, 11) is 0. The molecule has 0 spiro atoms. The second-order valence-corrected chi connectivity index (χ2v) is 5.19. The van der Waals surface area contributed by atoms with Crippen molar-refractivity contribution in [1.29, 1.82) is 0 Å². The van der Waals surface area contributed by atoms with Gasteiger partial charge in [-0.15, -0.1) is 11.3 Å². The van der Waals surface area contributed by atoms with Crippen molar-refractivity contribution in [2.75, 3.05) is 0 Å². The van der Waals surface area contributed by atoms with Gasteiger partial charge in [0.15, 0.2) is 3.95 Å². The van der Waals surface area contributed by atoms with Crippen LogP contribution in [0.2, 0.25) is 0 Å². The van der Waals surface area contributed by atoms with Gasteiger partial charge in [-0.3, -0.25) is 0 Å². The fraction of sp³-hybridized carbons (Fsp3) is 0.250. The molecule has 0 saturated carbocycles. The van der Waals surface area contributed by atoms with Crippen LogP contribution in [-0.4, -0.2) is 4.57 Å². The predicted molar refractivity (Wildman–Crippen MR) is 68.2 cm³/mol. The molecule has 1 aromatic carbocycles. The van der Waals surface area contributed by atoms with Gasteiger partial charge in [-0.2, -0.15) is 0 Å². The molecule has 0 bridgehead atoms. The maximum Gasteiger partial charge on any atom is 0.161 e. The first kappa shape index (κ1) is 11.5.